The molecule has 0 amide bonds. The number of benzene rings is 2. The molecule has 0 saturated heterocycles. The Morgan fingerprint density at radius 2 is 1.76 bits per heavy atom. The highest BCUT2D eigenvalue weighted by Crippen LogP contribution is 2.22. The van der Waals surface area contributed by atoms with Crippen LogP contribution in [0.2, 0.25) is 0 Å². The number of rotatable bonds is 10. The number of aromatic nitrogens is 2. The van der Waals surface area contributed by atoms with Crippen LogP contribution in [0.25, 0.3) is 11.5 Å². The lowest BCUT2D eigenvalue weighted by Gasteiger charge is -2.20. The van der Waals surface area contributed by atoms with Gasteiger partial charge in [0.25, 0.3) is 11.6 Å². The van der Waals surface area contributed by atoms with Crippen LogP contribution in [0.1, 0.15) is 19.7 Å². The molecule has 1 unspecified atom stereocenters. The van der Waals surface area contributed by atoms with Crippen LogP contribution in [0.4, 0.5) is 5.69 Å². The Hall–Kier alpha value is -3.84. The fourth-order valence-electron chi connectivity index (χ4n) is 2.82. The van der Waals surface area contributed by atoms with Crippen molar-refractivity contribution < 1.29 is 32.0 Å². The summed E-state index contributed by atoms with van der Waals surface area (Å²) in [6, 6.07) is 10.0. The molecule has 0 aliphatic carbocycles. The summed E-state index contributed by atoms with van der Waals surface area (Å²) < 4.78 is 43.4. The van der Waals surface area contributed by atoms with E-state index in [0.29, 0.717) is 11.3 Å². The molecule has 1 N–H and O–H groups in total. The number of sulfonamides is 1. The molecule has 0 spiro atoms. The minimum Gasteiger partial charge on any atom is -0.497 e. The highest BCUT2D eigenvalue weighted by molar-refractivity contribution is 7.89. The Bertz CT molecular complexity index is 1250. The second-order valence-corrected chi connectivity index (χ2v) is 9.15. The smallest absolute Gasteiger partial charge is 0.324 e. The minimum atomic E-state index is -4.00. The van der Waals surface area contributed by atoms with Crippen LogP contribution in [0.5, 0.6) is 5.75 Å². The first kappa shape index (κ1) is 24.8. The molecule has 0 fully saturated rings. The zero-order valence-corrected chi connectivity index (χ0v) is 19.3. The standard InChI is InChI=1S/C21H22N4O8S/c1-13(2)19(24-34(29,30)17-10-8-16(31-3)9-11-17)21(26)32-12-18-22-23-20(33-18)14-4-6-15(7-5-14)25(27)28/h4-11,13,19,24H,12H2,1-3H3. The summed E-state index contributed by atoms with van der Waals surface area (Å²) in [6.45, 7) is 2.95. The molecule has 1 heterocycles. The number of ether oxygens (including phenoxy) is 2. The SMILES string of the molecule is COc1ccc(S(=O)(=O)NC(C(=O)OCc2nnc(-c3ccc([N+](=O)[O-])cc3)o2)C(C)C)cc1. The van der Waals surface area contributed by atoms with Gasteiger partial charge in [-0.05, 0) is 42.3 Å². The first-order chi connectivity index (χ1) is 16.1. The quantitative estimate of drug-likeness (QED) is 0.254. The number of nitrogens with zero attached hydrogens (tertiary/aromatic N) is 3. The monoisotopic (exact) mass is 490 g/mol. The van der Waals surface area contributed by atoms with Gasteiger partial charge < -0.3 is 13.9 Å². The van der Waals surface area contributed by atoms with Crippen molar-refractivity contribution >= 4 is 21.7 Å². The molecule has 180 valence electrons. The molecular formula is C21H22N4O8S. The van der Waals surface area contributed by atoms with E-state index in [2.05, 4.69) is 14.9 Å². The number of non-ortho nitro benzene ring substituents is 1. The number of nitro groups is 1. The fourth-order valence-corrected chi connectivity index (χ4v) is 4.16. The third-order valence-corrected chi connectivity index (χ3v) is 6.16. The summed E-state index contributed by atoms with van der Waals surface area (Å²) in [5.74, 6) is -0.684. The van der Waals surface area contributed by atoms with Crippen LogP contribution in [0.3, 0.4) is 0 Å². The van der Waals surface area contributed by atoms with E-state index >= 15 is 0 Å². The highest BCUT2D eigenvalue weighted by atomic mass is 32.2. The number of hydrogen-bond acceptors (Lipinski definition) is 10. The van der Waals surface area contributed by atoms with Crippen molar-refractivity contribution in [2.45, 2.75) is 31.4 Å². The van der Waals surface area contributed by atoms with Crippen molar-refractivity contribution in [3.63, 3.8) is 0 Å². The second-order valence-electron chi connectivity index (χ2n) is 7.43. The summed E-state index contributed by atoms with van der Waals surface area (Å²) in [7, 11) is -2.54. The molecule has 2 aromatic carbocycles. The van der Waals surface area contributed by atoms with Crippen molar-refractivity contribution in [3.05, 3.63) is 64.5 Å². The molecule has 0 aliphatic rings. The molecule has 1 atom stereocenters. The Morgan fingerprint density at radius 3 is 2.32 bits per heavy atom. The maximum Gasteiger partial charge on any atom is 0.324 e. The molecular weight excluding hydrogens is 468 g/mol. The van der Waals surface area contributed by atoms with Crippen LogP contribution in [0, 0.1) is 16.0 Å². The number of esters is 1. The highest BCUT2D eigenvalue weighted by Gasteiger charge is 2.30. The maximum absolute atomic E-state index is 12.7. The van der Waals surface area contributed by atoms with E-state index in [1.54, 1.807) is 13.8 Å². The van der Waals surface area contributed by atoms with E-state index in [1.165, 1.54) is 55.6 Å². The van der Waals surface area contributed by atoms with Gasteiger partial charge in [-0.15, -0.1) is 10.2 Å². The number of carbonyl (C=O) groups excluding carboxylic acids is 1. The van der Waals surface area contributed by atoms with Gasteiger partial charge in [-0.3, -0.25) is 14.9 Å². The van der Waals surface area contributed by atoms with Crippen LogP contribution in [-0.4, -0.2) is 42.7 Å². The zero-order valence-electron chi connectivity index (χ0n) is 18.5. The predicted molar refractivity (Wildman–Crippen MR) is 118 cm³/mol. The molecule has 1 aromatic heterocycles. The molecule has 0 saturated carbocycles. The van der Waals surface area contributed by atoms with Crippen LogP contribution in [0.15, 0.2) is 57.8 Å². The normalized spacial score (nSPS) is 12.4. The number of carbonyl (C=O) groups is 1. The summed E-state index contributed by atoms with van der Waals surface area (Å²) >= 11 is 0. The lowest BCUT2D eigenvalue weighted by atomic mass is 10.1. The van der Waals surface area contributed by atoms with Crippen LogP contribution in [-0.2, 0) is 26.2 Å². The molecule has 0 radical (unpaired) electrons. The third-order valence-electron chi connectivity index (χ3n) is 4.70. The Kier molecular flexibility index (Phi) is 7.58. The van der Waals surface area contributed by atoms with Gasteiger partial charge in [-0.25, -0.2) is 8.42 Å². The summed E-state index contributed by atoms with van der Waals surface area (Å²) in [5.41, 5.74) is 0.359. The van der Waals surface area contributed by atoms with E-state index in [4.69, 9.17) is 13.9 Å². The third kappa shape index (κ3) is 5.94. The van der Waals surface area contributed by atoms with E-state index in [9.17, 15) is 23.3 Å². The zero-order chi connectivity index (χ0) is 24.9. The van der Waals surface area contributed by atoms with E-state index < -0.39 is 32.9 Å². The molecule has 0 bridgehead atoms. The van der Waals surface area contributed by atoms with Crippen molar-refractivity contribution in [1.29, 1.82) is 0 Å². The average Bonchev–Trinajstić information content (AvgIpc) is 3.30. The lowest BCUT2D eigenvalue weighted by Crippen LogP contribution is -2.45. The Morgan fingerprint density at radius 1 is 1.12 bits per heavy atom. The van der Waals surface area contributed by atoms with E-state index in [-0.39, 0.29) is 29.0 Å². The van der Waals surface area contributed by atoms with E-state index in [0.717, 1.165) is 0 Å². The van der Waals surface area contributed by atoms with E-state index in [1.807, 2.05) is 0 Å². The molecule has 12 nitrogen and oxygen atoms in total. The van der Waals surface area contributed by atoms with Crippen molar-refractivity contribution in [1.82, 2.24) is 14.9 Å². The Labute approximate surface area is 195 Å². The van der Waals surface area contributed by atoms with Crippen molar-refractivity contribution in [2.24, 2.45) is 5.92 Å². The van der Waals surface area contributed by atoms with Gasteiger partial charge >= 0.3 is 5.97 Å². The number of methoxy groups -OCH3 is 1. The summed E-state index contributed by atoms with van der Waals surface area (Å²) in [5, 5.41) is 18.4. The van der Waals surface area contributed by atoms with Gasteiger partial charge in [0.1, 0.15) is 11.8 Å². The second kappa shape index (κ2) is 10.4. The molecule has 3 aromatic rings. The first-order valence-electron chi connectivity index (χ1n) is 10.0. The van der Waals surface area contributed by atoms with Gasteiger partial charge in [0.2, 0.25) is 15.9 Å². The van der Waals surface area contributed by atoms with Gasteiger partial charge in [-0.2, -0.15) is 4.72 Å². The van der Waals surface area contributed by atoms with Crippen molar-refractivity contribution in [2.75, 3.05) is 7.11 Å². The van der Waals surface area contributed by atoms with Gasteiger partial charge in [0.15, 0.2) is 6.61 Å². The van der Waals surface area contributed by atoms with Gasteiger partial charge in [0, 0.05) is 17.7 Å². The predicted octanol–water partition coefficient (Wildman–Crippen LogP) is 2.70. The first-order valence-corrected chi connectivity index (χ1v) is 11.5. The molecule has 3 rings (SSSR count). The number of hydrogen-bond donors (Lipinski definition) is 1. The van der Waals surface area contributed by atoms with Gasteiger partial charge in [-0.1, -0.05) is 13.8 Å². The Balaban J connectivity index is 1.65. The average molecular weight is 490 g/mol. The fraction of sp³-hybridized carbons (Fsp3) is 0.286. The molecule has 0 aliphatic heterocycles. The van der Waals surface area contributed by atoms with Crippen LogP contribution < -0.4 is 9.46 Å². The number of nitrogens with one attached hydrogen (secondary N) is 1. The van der Waals surface area contributed by atoms with Crippen LogP contribution >= 0.6 is 0 Å². The van der Waals surface area contributed by atoms with Crippen molar-refractivity contribution in [3.8, 4) is 17.2 Å². The topological polar surface area (TPSA) is 164 Å². The number of nitro benzene ring substituents is 1. The lowest BCUT2D eigenvalue weighted by molar-refractivity contribution is -0.384. The minimum absolute atomic E-state index is 0.0257. The molecule has 13 heteroatoms. The maximum atomic E-state index is 12.7. The molecule has 34 heavy (non-hydrogen) atoms. The van der Waals surface area contributed by atoms with Gasteiger partial charge in [0.05, 0.1) is 16.9 Å². The summed E-state index contributed by atoms with van der Waals surface area (Å²) in [6.07, 6.45) is 0. The summed E-state index contributed by atoms with van der Waals surface area (Å²) in [4.78, 5) is 22.8. The largest absolute Gasteiger partial charge is 0.497 e.